The standard InChI is InChI=1S/C18H22N4O2/c1-21-14(6-9-20-21)12-22-10-7-18(8-11-22)13-19-17(23)15-4-2-3-5-16(15)24-18/h2-6,9H,7-8,10-13H2,1H3,(H,19,23). The Morgan fingerprint density at radius 3 is 2.79 bits per heavy atom. The van der Waals surface area contributed by atoms with Gasteiger partial charge in [-0.3, -0.25) is 14.4 Å². The lowest BCUT2D eigenvalue weighted by Gasteiger charge is -2.41. The molecule has 0 radical (unpaired) electrons. The van der Waals surface area contributed by atoms with Crippen LogP contribution in [0.1, 0.15) is 28.9 Å². The molecule has 1 aromatic carbocycles. The number of likely N-dealkylation sites (tertiary alicyclic amines) is 1. The second-order valence-electron chi connectivity index (χ2n) is 6.69. The Morgan fingerprint density at radius 1 is 1.25 bits per heavy atom. The predicted molar refractivity (Wildman–Crippen MR) is 89.9 cm³/mol. The number of aromatic nitrogens is 2. The summed E-state index contributed by atoms with van der Waals surface area (Å²) in [4.78, 5) is 14.7. The largest absolute Gasteiger partial charge is 0.485 e. The molecule has 0 unspecified atom stereocenters. The molecule has 1 spiro atoms. The van der Waals surface area contributed by atoms with Gasteiger partial charge in [-0.15, -0.1) is 0 Å². The van der Waals surface area contributed by atoms with Crippen molar-refractivity contribution in [2.75, 3.05) is 19.6 Å². The fourth-order valence-corrected chi connectivity index (χ4v) is 3.53. The zero-order chi connectivity index (χ0) is 16.6. The molecular weight excluding hydrogens is 304 g/mol. The lowest BCUT2D eigenvalue weighted by atomic mass is 9.91. The van der Waals surface area contributed by atoms with Crippen LogP contribution in [-0.4, -0.2) is 45.8 Å². The minimum atomic E-state index is -0.300. The molecule has 1 saturated heterocycles. The van der Waals surface area contributed by atoms with Gasteiger partial charge in [0.2, 0.25) is 0 Å². The van der Waals surface area contributed by atoms with Gasteiger partial charge in [0.1, 0.15) is 11.4 Å². The van der Waals surface area contributed by atoms with Gasteiger partial charge in [-0.05, 0) is 18.2 Å². The van der Waals surface area contributed by atoms with Crippen LogP contribution >= 0.6 is 0 Å². The van der Waals surface area contributed by atoms with E-state index in [0.717, 1.165) is 32.5 Å². The lowest BCUT2D eigenvalue weighted by molar-refractivity contribution is 0.00341. The highest BCUT2D eigenvalue weighted by molar-refractivity contribution is 5.97. The van der Waals surface area contributed by atoms with Crippen molar-refractivity contribution >= 4 is 5.91 Å². The average molecular weight is 326 g/mol. The molecule has 6 heteroatoms. The van der Waals surface area contributed by atoms with E-state index in [0.29, 0.717) is 17.9 Å². The quantitative estimate of drug-likeness (QED) is 0.910. The number of benzene rings is 1. The van der Waals surface area contributed by atoms with Crippen LogP contribution in [0, 0.1) is 0 Å². The third-order valence-electron chi connectivity index (χ3n) is 5.10. The summed E-state index contributed by atoms with van der Waals surface area (Å²) in [5.74, 6) is 0.660. The highest BCUT2D eigenvalue weighted by Crippen LogP contribution is 2.33. The van der Waals surface area contributed by atoms with Crippen molar-refractivity contribution < 1.29 is 9.53 Å². The van der Waals surface area contributed by atoms with Crippen LogP contribution in [0.3, 0.4) is 0 Å². The highest BCUT2D eigenvalue weighted by Gasteiger charge is 2.39. The Hall–Kier alpha value is -2.34. The average Bonchev–Trinajstić information content (AvgIpc) is 2.94. The van der Waals surface area contributed by atoms with Gasteiger partial charge < -0.3 is 10.1 Å². The van der Waals surface area contributed by atoms with Crippen LogP contribution < -0.4 is 10.1 Å². The molecule has 126 valence electrons. The third kappa shape index (κ3) is 2.78. The molecule has 1 aromatic heterocycles. The Kier molecular flexibility index (Phi) is 3.76. The summed E-state index contributed by atoms with van der Waals surface area (Å²) in [6, 6.07) is 9.56. The van der Waals surface area contributed by atoms with Gasteiger partial charge in [-0.2, -0.15) is 5.10 Å². The molecule has 2 aromatic rings. The minimum absolute atomic E-state index is 0.0419. The molecule has 1 amide bonds. The SMILES string of the molecule is Cn1nccc1CN1CCC2(CC1)CNC(=O)c1ccccc1O2. The van der Waals surface area contributed by atoms with E-state index in [1.807, 2.05) is 42.2 Å². The number of para-hydroxylation sites is 1. The van der Waals surface area contributed by atoms with E-state index in [9.17, 15) is 4.79 Å². The molecule has 0 aliphatic carbocycles. The highest BCUT2D eigenvalue weighted by atomic mass is 16.5. The number of nitrogens with one attached hydrogen (secondary N) is 1. The summed E-state index contributed by atoms with van der Waals surface area (Å²) in [5.41, 5.74) is 1.55. The Labute approximate surface area is 141 Å². The van der Waals surface area contributed by atoms with Gasteiger partial charge in [-0.25, -0.2) is 0 Å². The number of hydrogen-bond donors (Lipinski definition) is 1. The number of aryl methyl sites for hydroxylation is 1. The molecule has 0 saturated carbocycles. The molecule has 24 heavy (non-hydrogen) atoms. The van der Waals surface area contributed by atoms with E-state index in [1.165, 1.54) is 5.69 Å². The first kappa shape index (κ1) is 15.2. The van der Waals surface area contributed by atoms with Crippen molar-refractivity contribution in [1.82, 2.24) is 20.0 Å². The summed E-state index contributed by atoms with van der Waals surface area (Å²) >= 11 is 0. The number of nitrogens with zero attached hydrogens (tertiary/aromatic N) is 3. The normalized spacial score (nSPS) is 20.1. The molecular formula is C18H22N4O2. The Morgan fingerprint density at radius 2 is 2.04 bits per heavy atom. The van der Waals surface area contributed by atoms with Crippen molar-refractivity contribution in [3.05, 3.63) is 47.8 Å². The van der Waals surface area contributed by atoms with Crippen molar-refractivity contribution in [1.29, 1.82) is 0 Å². The number of piperidine rings is 1. The van der Waals surface area contributed by atoms with Crippen molar-refractivity contribution in [3.8, 4) is 5.75 Å². The van der Waals surface area contributed by atoms with Crippen LogP contribution in [0.15, 0.2) is 36.5 Å². The Balaban J connectivity index is 1.47. The van der Waals surface area contributed by atoms with Gasteiger partial charge in [-0.1, -0.05) is 12.1 Å². The van der Waals surface area contributed by atoms with Crippen LogP contribution in [0.2, 0.25) is 0 Å². The second kappa shape index (κ2) is 5.94. The van der Waals surface area contributed by atoms with Crippen molar-refractivity contribution in [2.24, 2.45) is 7.05 Å². The van der Waals surface area contributed by atoms with E-state index in [1.54, 1.807) is 0 Å². The molecule has 2 aliphatic heterocycles. The third-order valence-corrected chi connectivity index (χ3v) is 5.10. The summed E-state index contributed by atoms with van der Waals surface area (Å²) in [6.07, 6.45) is 3.64. The fourth-order valence-electron chi connectivity index (χ4n) is 3.53. The van der Waals surface area contributed by atoms with E-state index < -0.39 is 0 Å². The summed E-state index contributed by atoms with van der Waals surface area (Å²) in [6.45, 7) is 3.36. The summed E-state index contributed by atoms with van der Waals surface area (Å²) in [7, 11) is 1.97. The number of carbonyl (C=O) groups is 1. The molecule has 0 bridgehead atoms. The van der Waals surface area contributed by atoms with Crippen LogP contribution in [0.5, 0.6) is 5.75 Å². The lowest BCUT2D eigenvalue weighted by Crippen LogP contribution is -2.53. The van der Waals surface area contributed by atoms with Gasteiger partial charge in [0.15, 0.2) is 0 Å². The van der Waals surface area contributed by atoms with E-state index in [2.05, 4.69) is 21.4 Å². The van der Waals surface area contributed by atoms with Gasteiger partial charge in [0.05, 0.1) is 17.8 Å². The van der Waals surface area contributed by atoms with Gasteiger partial charge in [0.25, 0.3) is 5.91 Å². The number of ether oxygens (including phenoxy) is 1. The maximum atomic E-state index is 12.2. The molecule has 6 nitrogen and oxygen atoms in total. The summed E-state index contributed by atoms with van der Waals surface area (Å²) < 4.78 is 8.26. The monoisotopic (exact) mass is 326 g/mol. The number of rotatable bonds is 2. The van der Waals surface area contributed by atoms with Crippen molar-refractivity contribution in [3.63, 3.8) is 0 Å². The predicted octanol–water partition coefficient (Wildman–Crippen LogP) is 1.58. The van der Waals surface area contributed by atoms with Gasteiger partial charge in [0, 0.05) is 45.7 Å². The number of hydrogen-bond acceptors (Lipinski definition) is 4. The van der Waals surface area contributed by atoms with E-state index in [4.69, 9.17) is 4.74 Å². The summed E-state index contributed by atoms with van der Waals surface area (Å²) in [5, 5.41) is 7.26. The fraction of sp³-hybridized carbons (Fsp3) is 0.444. The van der Waals surface area contributed by atoms with Crippen LogP contribution in [0.4, 0.5) is 0 Å². The molecule has 2 aliphatic rings. The van der Waals surface area contributed by atoms with Crippen LogP contribution in [0.25, 0.3) is 0 Å². The maximum Gasteiger partial charge on any atom is 0.255 e. The van der Waals surface area contributed by atoms with E-state index in [-0.39, 0.29) is 11.5 Å². The smallest absolute Gasteiger partial charge is 0.255 e. The zero-order valence-corrected chi connectivity index (χ0v) is 13.9. The first-order chi connectivity index (χ1) is 11.7. The van der Waals surface area contributed by atoms with Crippen molar-refractivity contribution in [2.45, 2.75) is 25.0 Å². The maximum absolute atomic E-state index is 12.2. The molecule has 4 rings (SSSR count). The number of fused-ring (bicyclic) bond motifs is 1. The topological polar surface area (TPSA) is 59.4 Å². The molecule has 0 atom stereocenters. The molecule has 1 fully saturated rings. The van der Waals surface area contributed by atoms with Gasteiger partial charge >= 0.3 is 0 Å². The first-order valence-electron chi connectivity index (χ1n) is 8.41. The number of carbonyl (C=O) groups excluding carboxylic acids is 1. The Bertz CT molecular complexity index is 747. The van der Waals surface area contributed by atoms with Crippen LogP contribution in [-0.2, 0) is 13.6 Å². The molecule has 1 N–H and O–H groups in total. The number of amides is 1. The zero-order valence-electron chi connectivity index (χ0n) is 13.9. The minimum Gasteiger partial charge on any atom is -0.485 e. The second-order valence-corrected chi connectivity index (χ2v) is 6.69. The first-order valence-corrected chi connectivity index (χ1v) is 8.41. The van der Waals surface area contributed by atoms with E-state index >= 15 is 0 Å². The molecule has 3 heterocycles.